The number of nitrogens with zero attached hydrogens (tertiary/aromatic N) is 3. The standard InChI is InChI=1S/C21H37N5/c1-4-6-7-12-23-21(22-3)24-17-19-8-10-20(11-9-19)18-26-15-13-25(5-2)14-16-26/h8-11H,4-7,12-18H2,1-3H3,(H2,22,23,24). The van der Waals surface area contributed by atoms with Gasteiger partial charge < -0.3 is 15.5 Å². The van der Waals surface area contributed by atoms with Crippen molar-refractivity contribution in [3.63, 3.8) is 0 Å². The molecule has 0 amide bonds. The van der Waals surface area contributed by atoms with E-state index < -0.39 is 0 Å². The fourth-order valence-electron chi connectivity index (χ4n) is 3.27. The third-order valence-corrected chi connectivity index (χ3v) is 5.10. The molecule has 5 nitrogen and oxygen atoms in total. The third kappa shape index (κ3) is 7.34. The molecule has 2 N–H and O–H groups in total. The van der Waals surface area contributed by atoms with Gasteiger partial charge in [0.25, 0.3) is 0 Å². The lowest BCUT2D eigenvalue weighted by Crippen LogP contribution is -2.45. The molecule has 0 aromatic heterocycles. The van der Waals surface area contributed by atoms with E-state index in [1.54, 1.807) is 0 Å². The number of nitrogens with one attached hydrogen (secondary N) is 2. The van der Waals surface area contributed by atoms with Gasteiger partial charge >= 0.3 is 0 Å². The zero-order chi connectivity index (χ0) is 18.6. The van der Waals surface area contributed by atoms with Gasteiger partial charge in [0.05, 0.1) is 0 Å². The molecule has 1 aromatic carbocycles. The minimum atomic E-state index is 0.808. The molecule has 0 aliphatic carbocycles. The topological polar surface area (TPSA) is 42.9 Å². The maximum Gasteiger partial charge on any atom is 0.191 e. The fraction of sp³-hybridized carbons (Fsp3) is 0.667. The number of hydrogen-bond acceptors (Lipinski definition) is 3. The number of benzene rings is 1. The molecule has 1 heterocycles. The lowest BCUT2D eigenvalue weighted by molar-refractivity contribution is 0.132. The zero-order valence-electron chi connectivity index (χ0n) is 16.9. The Balaban J connectivity index is 1.71. The van der Waals surface area contributed by atoms with Gasteiger partial charge in [-0.25, -0.2) is 0 Å². The summed E-state index contributed by atoms with van der Waals surface area (Å²) in [6, 6.07) is 8.99. The van der Waals surface area contributed by atoms with E-state index in [9.17, 15) is 0 Å². The van der Waals surface area contributed by atoms with E-state index in [2.05, 4.69) is 63.5 Å². The minimum absolute atomic E-state index is 0.808. The predicted molar refractivity (Wildman–Crippen MR) is 112 cm³/mol. The third-order valence-electron chi connectivity index (χ3n) is 5.10. The molecule has 1 aliphatic rings. The summed E-state index contributed by atoms with van der Waals surface area (Å²) in [4.78, 5) is 9.37. The van der Waals surface area contributed by atoms with Crippen molar-refractivity contribution in [1.29, 1.82) is 0 Å². The van der Waals surface area contributed by atoms with E-state index in [-0.39, 0.29) is 0 Å². The molecule has 0 atom stereocenters. The van der Waals surface area contributed by atoms with Crippen LogP contribution >= 0.6 is 0 Å². The summed E-state index contributed by atoms with van der Waals surface area (Å²) in [6.45, 7) is 13.2. The molecule has 0 radical (unpaired) electrons. The molecule has 5 heteroatoms. The van der Waals surface area contributed by atoms with Crippen LogP contribution in [0.25, 0.3) is 0 Å². The molecule has 1 aromatic rings. The number of piperazine rings is 1. The molecule has 0 saturated carbocycles. The number of likely N-dealkylation sites (N-methyl/N-ethyl adjacent to an activating group) is 1. The number of guanidine groups is 1. The normalized spacial score (nSPS) is 16.7. The molecule has 1 aliphatic heterocycles. The number of unbranched alkanes of at least 4 members (excludes halogenated alkanes) is 2. The van der Waals surface area contributed by atoms with Crippen LogP contribution in [-0.2, 0) is 13.1 Å². The average Bonchev–Trinajstić information content (AvgIpc) is 2.69. The first-order valence-corrected chi connectivity index (χ1v) is 10.2. The Morgan fingerprint density at radius 3 is 2.19 bits per heavy atom. The van der Waals surface area contributed by atoms with E-state index in [1.807, 2.05) is 7.05 Å². The molecule has 1 saturated heterocycles. The quantitative estimate of drug-likeness (QED) is 0.404. The van der Waals surface area contributed by atoms with Crippen LogP contribution in [0, 0.1) is 0 Å². The van der Waals surface area contributed by atoms with Crippen molar-refractivity contribution >= 4 is 5.96 Å². The Labute approximate surface area is 159 Å². The zero-order valence-corrected chi connectivity index (χ0v) is 16.9. The van der Waals surface area contributed by atoms with Crippen LogP contribution in [0.1, 0.15) is 44.2 Å². The highest BCUT2D eigenvalue weighted by Crippen LogP contribution is 2.10. The Morgan fingerprint density at radius 2 is 1.58 bits per heavy atom. The summed E-state index contributed by atoms with van der Waals surface area (Å²) in [5.74, 6) is 0.888. The van der Waals surface area contributed by atoms with Crippen LogP contribution < -0.4 is 10.6 Å². The Kier molecular flexibility index (Phi) is 9.50. The van der Waals surface area contributed by atoms with Gasteiger partial charge in [0, 0.05) is 52.9 Å². The van der Waals surface area contributed by atoms with Crippen LogP contribution in [0.4, 0.5) is 0 Å². The summed E-state index contributed by atoms with van der Waals surface area (Å²) in [7, 11) is 1.83. The Hall–Kier alpha value is -1.59. The highest BCUT2D eigenvalue weighted by Gasteiger charge is 2.15. The molecule has 1 fully saturated rings. The van der Waals surface area contributed by atoms with E-state index >= 15 is 0 Å². The molecule has 26 heavy (non-hydrogen) atoms. The van der Waals surface area contributed by atoms with Gasteiger partial charge in [0.1, 0.15) is 0 Å². The highest BCUT2D eigenvalue weighted by atomic mass is 15.3. The molecule has 146 valence electrons. The van der Waals surface area contributed by atoms with E-state index in [4.69, 9.17) is 0 Å². The van der Waals surface area contributed by atoms with Gasteiger partial charge in [0.2, 0.25) is 0 Å². The van der Waals surface area contributed by atoms with Crippen molar-refractivity contribution in [1.82, 2.24) is 20.4 Å². The molecule has 0 spiro atoms. The van der Waals surface area contributed by atoms with Crippen LogP contribution in [0.5, 0.6) is 0 Å². The van der Waals surface area contributed by atoms with E-state index in [0.29, 0.717) is 0 Å². The smallest absolute Gasteiger partial charge is 0.191 e. The molecular formula is C21H37N5. The fourth-order valence-corrected chi connectivity index (χ4v) is 3.27. The van der Waals surface area contributed by atoms with Gasteiger partial charge in [-0.05, 0) is 24.1 Å². The monoisotopic (exact) mass is 359 g/mol. The largest absolute Gasteiger partial charge is 0.356 e. The summed E-state index contributed by atoms with van der Waals surface area (Å²) < 4.78 is 0. The van der Waals surface area contributed by atoms with Crippen LogP contribution in [0.3, 0.4) is 0 Å². The Bertz CT molecular complexity index is 518. The molecule has 0 unspecified atom stereocenters. The second kappa shape index (κ2) is 11.9. The predicted octanol–water partition coefficient (Wildman–Crippen LogP) is 2.68. The van der Waals surface area contributed by atoms with Gasteiger partial charge in [-0.15, -0.1) is 0 Å². The average molecular weight is 360 g/mol. The van der Waals surface area contributed by atoms with E-state index in [1.165, 1.54) is 63.1 Å². The first kappa shape index (κ1) is 20.7. The first-order chi connectivity index (χ1) is 12.7. The number of hydrogen-bond donors (Lipinski definition) is 2. The maximum atomic E-state index is 4.29. The van der Waals surface area contributed by atoms with Gasteiger partial charge in [-0.3, -0.25) is 9.89 Å². The van der Waals surface area contributed by atoms with Crippen LogP contribution in [0.15, 0.2) is 29.3 Å². The number of rotatable bonds is 9. The van der Waals surface area contributed by atoms with Crippen LogP contribution in [-0.4, -0.2) is 62.1 Å². The first-order valence-electron chi connectivity index (χ1n) is 10.2. The van der Waals surface area contributed by atoms with Crippen molar-refractivity contribution in [2.45, 2.75) is 46.2 Å². The second-order valence-corrected chi connectivity index (χ2v) is 7.09. The van der Waals surface area contributed by atoms with E-state index in [0.717, 1.165) is 25.6 Å². The SMILES string of the molecule is CCCCCNC(=NC)NCc1ccc(CN2CCN(CC)CC2)cc1. The van der Waals surface area contributed by atoms with Crippen molar-refractivity contribution < 1.29 is 0 Å². The van der Waals surface area contributed by atoms with Crippen molar-refractivity contribution in [2.75, 3.05) is 46.3 Å². The maximum absolute atomic E-state index is 4.29. The second-order valence-electron chi connectivity index (χ2n) is 7.09. The van der Waals surface area contributed by atoms with Gasteiger partial charge in [-0.1, -0.05) is 51.0 Å². The van der Waals surface area contributed by atoms with Crippen molar-refractivity contribution in [3.8, 4) is 0 Å². The van der Waals surface area contributed by atoms with Crippen LogP contribution in [0.2, 0.25) is 0 Å². The summed E-state index contributed by atoms with van der Waals surface area (Å²) in [5, 5.41) is 6.77. The summed E-state index contributed by atoms with van der Waals surface area (Å²) >= 11 is 0. The Morgan fingerprint density at radius 1 is 0.923 bits per heavy atom. The number of aliphatic imine (C=N–C) groups is 1. The van der Waals surface area contributed by atoms with Crippen molar-refractivity contribution in [2.24, 2.45) is 4.99 Å². The molecule has 2 rings (SSSR count). The summed E-state index contributed by atoms with van der Waals surface area (Å²) in [6.07, 6.45) is 3.70. The molecular weight excluding hydrogens is 322 g/mol. The van der Waals surface area contributed by atoms with Gasteiger partial charge in [-0.2, -0.15) is 0 Å². The lowest BCUT2D eigenvalue weighted by Gasteiger charge is -2.34. The van der Waals surface area contributed by atoms with Crippen molar-refractivity contribution in [3.05, 3.63) is 35.4 Å². The summed E-state index contributed by atoms with van der Waals surface area (Å²) in [5.41, 5.74) is 2.70. The minimum Gasteiger partial charge on any atom is -0.356 e. The molecule has 0 bridgehead atoms. The highest BCUT2D eigenvalue weighted by molar-refractivity contribution is 5.79. The van der Waals surface area contributed by atoms with Gasteiger partial charge in [0.15, 0.2) is 5.96 Å². The lowest BCUT2D eigenvalue weighted by atomic mass is 10.1.